The van der Waals surface area contributed by atoms with E-state index in [-0.39, 0.29) is 29.2 Å². The van der Waals surface area contributed by atoms with E-state index in [0.717, 1.165) is 44.6 Å². The molecule has 0 saturated carbocycles. The van der Waals surface area contributed by atoms with Gasteiger partial charge in [0, 0.05) is 18.2 Å². The molecule has 1 aliphatic heterocycles. The van der Waals surface area contributed by atoms with E-state index in [2.05, 4.69) is 32.1 Å². The molecule has 3 rings (SSSR count). The lowest BCUT2D eigenvalue weighted by atomic mass is 10.1. The number of alkyl halides is 6. The molecule has 0 radical (unpaired) electrons. The first-order valence-corrected chi connectivity index (χ1v) is 10.2. The second-order valence-electron chi connectivity index (χ2n) is 6.76. The van der Waals surface area contributed by atoms with Crippen LogP contribution in [-0.2, 0) is 9.97 Å². The summed E-state index contributed by atoms with van der Waals surface area (Å²) in [4.78, 5) is 14.8. The second-order valence-corrected chi connectivity index (χ2v) is 9.04. The Morgan fingerprint density at radius 2 is 1.93 bits per heavy atom. The van der Waals surface area contributed by atoms with E-state index in [1.165, 1.54) is 12.1 Å². The fourth-order valence-electron chi connectivity index (χ4n) is 3.17. The maximum atomic E-state index is 13.1. The number of halogens is 6. The number of piperidine rings is 1. The molecule has 158 valence electrons. The van der Waals surface area contributed by atoms with Crippen LogP contribution in [0.25, 0.3) is 11.4 Å². The van der Waals surface area contributed by atoms with Crippen molar-refractivity contribution in [3.8, 4) is 11.4 Å². The molecule has 11 heteroatoms. The van der Waals surface area contributed by atoms with Crippen molar-refractivity contribution < 1.29 is 13.2 Å². The zero-order valence-corrected chi connectivity index (χ0v) is 17.7. The van der Waals surface area contributed by atoms with E-state index in [4.69, 9.17) is 34.8 Å². The molecule has 0 amide bonds. The average molecular weight is 469 g/mol. The fraction of sp³-hybridized carbons (Fsp3) is 0.500. The lowest BCUT2D eigenvalue weighted by molar-refractivity contribution is -0.137. The van der Waals surface area contributed by atoms with Crippen molar-refractivity contribution in [2.24, 2.45) is 0 Å². The Morgan fingerprint density at radius 1 is 1.17 bits per heavy atom. The Hall–Kier alpha value is -1.35. The molecule has 0 bridgehead atoms. The third-order valence-electron chi connectivity index (χ3n) is 4.62. The van der Waals surface area contributed by atoms with Crippen LogP contribution in [0.4, 0.5) is 19.1 Å². The number of benzene rings is 1. The quantitative estimate of drug-likeness (QED) is 0.619. The van der Waals surface area contributed by atoms with Gasteiger partial charge in [-0.15, -0.1) is 0 Å². The molecular formula is C18H19Cl3F3N5. The van der Waals surface area contributed by atoms with Crippen LogP contribution in [-0.4, -0.2) is 45.5 Å². The number of likely N-dealkylation sites (N-methyl/N-ethyl adjacent to an activating group) is 1. The first-order chi connectivity index (χ1) is 13.6. The van der Waals surface area contributed by atoms with Crippen LogP contribution in [0.2, 0.25) is 0 Å². The van der Waals surface area contributed by atoms with Gasteiger partial charge in [-0.05, 0) is 38.1 Å². The molecular weight excluding hydrogens is 450 g/mol. The Balaban J connectivity index is 1.97. The monoisotopic (exact) mass is 467 g/mol. The first-order valence-electron chi connectivity index (χ1n) is 9.06. The van der Waals surface area contributed by atoms with Crippen LogP contribution in [0.15, 0.2) is 24.3 Å². The van der Waals surface area contributed by atoms with E-state index < -0.39 is 15.5 Å². The van der Waals surface area contributed by atoms with E-state index in [1.807, 2.05) is 0 Å². The van der Waals surface area contributed by atoms with E-state index in [1.54, 1.807) is 0 Å². The molecule has 1 fully saturated rings. The molecule has 0 aliphatic carbocycles. The van der Waals surface area contributed by atoms with Gasteiger partial charge in [0.1, 0.15) is 0 Å². The smallest absolute Gasteiger partial charge is 0.350 e. The van der Waals surface area contributed by atoms with Crippen molar-refractivity contribution in [1.29, 1.82) is 0 Å². The van der Waals surface area contributed by atoms with Gasteiger partial charge in [-0.25, -0.2) is 4.98 Å². The minimum absolute atomic E-state index is 0.00178. The van der Waals surface area contributed by atoms with Crippen molar-refractivity contribution in [2.75, 3.05) is 25.0 Å². The number of hydrogen-bond donors (Lipinski definition) is 1. The molecule has 1 aliphatic rings. The number of hydrogen-bond acceptors (Lipinski definition) is 5. The predicted octanol–water partition coefficient (Wildman–Crippen LogP) is 5.28. The highest BCUT2D eigenvalue weighted by atomic mass is 35.6. The lowest BCUT2D eigenvalue weighted by Gasteiger charge is -2.32. The summed E-state index contributed by atoms with van der Waals surface area (Å²) in [6.45, 7) is 4.81. The summed E-state index contributed by atoms with van der Waals surface area (Å²) in [6.07, 6.45) is -2.58. The van der Waals surface area contributed by atoms with Gasteiger partial charge in [-0.2, -0.15) is 23.1 Å². The molecule has 1 N–H and O–H groups in total. The molecule has 1 unspecified atom stereocenters. The summed E-state index contributed by atoms with van der Waals surface area (Å²) in [7, 11) is 0. The third-order valence-corrected chi connectivity index (χ3v) is 5.13. The summed E-state index contributed by atoms with van der Waals surface area (Å²) in [5, 5.41) is 3.21. The maximum Gasteiger partial charge on any atom is 0.416 e. The van der Waals surface area contributed by atoms with E-state index in [0.29, 0.717) is 0 Å². The van der Waals surface area contributed by atoms with Gasteiger partial charge in [0.05, 0.1) is 5.56 Å². The van der Waals surface area contributed by atoms with Crippen molar-refractivity contribution in [3.05, 3.63) is 35.7 Å². The number of aromatic nitrogens is 3. The van der Waals surface area contributed by atoms with Crippen LogP contribution < -0.4 is 5.32 Å². The standard InChI is InChI=1S/C18H19Cl3F3N5/c1-2-29-8-4-7-13(10-29)25-16-27-14(26-15(28-16)17(19,20)21)11-5-3-6-12(9-11)18(22,23)24/h3,5-6,9,13H,2,4,7-8,10H2,1H3,(H,25,26,27,28). The van der Waals surface area contributed by atoms with Gasteiger partial charge in [0.25, 0.3) is 0 Å². The third kappa shape index (κ3) is 5.84. The largest absolute Gasteiger partial charge is 0.416 e. The summed E-state index contributed by atoms with van der Waals surface area (Å²) in [5.74, 6) is 0.00495. The highest BCUT2D eigenvalue weighted by Gasteiger charge is 2.32. The predicted molar refractivity (Wildman–Crippen MR) is 108 cm³/mol. The number of nitrogens with zero attached hydrogens (tertiary/aromatic N) is 4. The molecule has 1 atom stereocenters. The molecule has 2 aromatic rings. The molecule has 1 aromatic carbocycles. The molecule has 5 nitrogen and oxygen atoms in total. The minimum atomic E-state index is -4.49. The van der Waals surface area contributed by atoms with Gasteiger partial charge in [-0.1, -0.05) is 53.9 Å². The van der Waals surface area contributed by atoms with Crippen molar-refractivity contribution in [3.63, 3.8) is 0 Å². The summed E-state index contributed by atoms with van der Waals surface area (Å²) in [6, 6.07) is 4.76. The van der Waals surface area contributed by atoms with Gasteiger partial charge in [-0.3, -0.25) is 0 Å². The Labute approximate surface area is 181 Å². The number of anilines is 1. The normalized spacial score (nSPS) is 18.7. The zero-order valence-electron chi connectivity index (χ0n) is 15.5. The van der Waals surface area contributed by atoms with Crippen molar-refractivity contribution >= 4 is 40.8 Å². The first kappa shape index (κ1) is 22.3. The van der Waals surface area contributed by atoms with Gasteiger partial charge < -0.3 is 10.2 Å². The number of rotatable bonds is 4. The SMILES string of the molecule is CCN1CCCC(Nc2nc(-c3cccc(C(F)(F)F)c3)nc(C(Cl)(Cl)Cl)n2)C1. The van der Waals surface area contributed by atoms with Crippen molar-refractivity contribution in [1.82, 2.24) is 19.9 Å². The Kier molecular flexibility index (Phi) is 6.77. The average Bonchev–Trinajstić information content (AvgIpc) is 2.66. The van der Waals surface area contributed by atoms with Crippen LogP contribution >= 0.6 is 34.8 Å². The van der Waals surface area contributed by atoms with Crippen LogP contribution in [0.1, 0.15) is 31.2 Å². The second kappa shape index (κ2) is 8.79. The highest BCUT2D eigenvalue weighted by molar-refractivity contribution is 6.66. The fourth-order valence-corrected chi connectivity index (χ4v) is 3.43. The van der Waals surface area contributed by atoms with Gasteiger partial charge >= 0.3 is 6.18 Å². The van der Waals surface area contributed by atoms with Gasteiger partial charge in [0.2, 0.25) is 9.74 Å². The number of likely N-dealkylation sites (tertiary alicyclic amines) is 1. The van der Waals surface area contributed by atoms with Crippen LogP contribution in [0.5, 0.6) is 0 Å². The summed E-state index contributed by atoms with van der Waals surface area (Å²) < 4.78 is 37.3. The molecule has 0 spiro atoms. The van der Waals surface area contributed by atoms with Crippen LogP contribution in [0.3, 0.4) is 0 Å². The van der Waals surface area contributed by atoms with Gasteiger partial charge in [0.15, 0.2) is 11.6 Å². The Bertz CT molecular complexity index is 857. The number of nitrogens with one attached hydrogen (secondary N) is 1. The summed E-state index contributed by atoms with van der Waals surface area (Å²) in [5.41, 5.74) is -0.661. The van der Waals surface area contributed by atoms with E-state index >= 15 is 0 Å². The Morgan fingerprint density at radius 3 is 2.59 bits per heavy atom. The van der Waals surface area contributed by atoms with Crippen LogP contribution in [0, 0.1) is 0 Å². The van der Waals surface area contributed by atoms with Crippen molar-refractivity contribution in [2.45, 2.75) is 35.8 Å². The molecule has 29 heavy (non-hydrogen) atoms. The maximum absolute atomic E-state index is 13.1. The zero-order chi connectivity index (χ0) is 21.2. The van der Waals surface area contributed by atoms with E-state index in [9.17, 15) is 13.2 Å². The lowest BCUT2D eigenvalue weighted by Crippen LogP contribution is -2.42. The molecule has 2 heterocycles. The molecule has 1 saturated heterocycles. The topological polar surface area (TPSA) is 53.9 Å². The highest BCUT2D eigenvalue weighted by Crippen LogP contribution is 2.37. The molecule has 1 aromatic heterocycles. The minimum Gasteiger partial charge on any atom is -0.350 e. The summed E-state index contributed by atoms with van der Waals surface area (Å²) >= 11 is 17.8.